The molecular weight excluding hydrogens is 416 g/mol. The van der Waals surface area contributed by atoms with Gasteiger partial charge in [-0.05, 0) is 49.8 Å². The number of hydrogen-bond donors (Lipinski definition) is 2. The van der Waals surface area contributed by atoms with Crippen LogP contribution >= 0.6 is 11.3 Å². The first kappa shape index (κ1) is 21.1. The van der Waals surface area contributed by atoms with Gasteiger partial charge >= 0.3 is 5.97 Å². The Kier molecular flexibility index (Phi) is 5.82. The third kappa shape index (κ3) is 3.95. The van der Waals surface area contributed by atoms with Crippen LogP contribution in [0.25, 0.3) is 11.0 Å². The van der Waals surface area contributed by atoms with E-state index in [1.165, 1.54) is 18.4 Å². The molecule has 1 atom stereocenters. The first-order valence-electron chi connectivity index (χ1n) is 10.2. The fraction of sp³-hybridized carbons (Fsp3) is 0.348. The van der Waals surface area contributed by atoms with Crippen LogP contribution in [0.1, 0.15) is 51.4 Å². The average Bonchev–Trinajstić information content (AvgIpc) is 3.09. The summed E-state index contributed by atoms with van der Waals surface area (Å²) in [4.78, 5) is 26.9. The molecule has 7 nitrogen and oxygen atoms in total. The van der Waals surface area contributed by atoms with Gasteiger partial charge in [-0.15, -0.1) is 11.3 Å². The van der Waals surface area contributed by atoms with Crippen LogP contribution in [0.3, 0.4) is 0 Å². The van der Waals surface area contributed by atoms with E-state index in [9.17, 15) is 9.59 Å². The van der Waals surface area contributed by atoms with Gasteiger partial charge in [0.25, 0.3) is 5.91 Å². The standard InChI is InChI=1S/C23H24N2O5S/c1-4-29-23(27)18-14-9-8-12(2)10-17(14)31-22(18)25-21(26)15-11-13-6-5-7-16(28-3)19(13)30-20(15)24/h5-7,11-12,24H,4,8-10H2,1-3H3,(H,25,26)/t12-/m1/s1. The van der Waals surface area contributed by atoms with Gasteiger partial charge in [0.2, 0.25) is 5.55 Å². The van der Waals surface area contributed by atoms with E-state index in [0.717, 1.165) is 29.7 Å². The number of esters is 1. The lowest BCUT2D eigenvalue weighted by Gasteiger charge is -2.18. The minimum absolute atomic E-state index is 0.0790. The van der Waals surface area contributed by atoms with E-state index in [1.807, 2.05) is 0 Å². The topological polar surface area (TPSA) is 102 Å². The van der Waals surface area contributed by atoms with Crippen LogP contribution < -0.4 is 15.6 Å². The molecule has 0 spiro atoms. The van der Waals surface area contributed by atoms with E-state index >= 15 is 0 Å². The van der Waals surface area contributed by atoms with E-state index < -0.39 is 11.9 Å². The number of hydrogen-bond acceptors (Lipinski definition) is 7. The van der Waals surface area contributed by atoms with Crippen LogP contribution in [0.4, 0.5) is 5.00 Å². The fourth-order valence-electron chi connectivity index (χ4n) is 3.89. The normalized spacial score (nSPS) is 15.4. The molecule has 3 aromatic rings. The maximum Gasteiger partial charge on any atom is 0.341 e. The summed E-state index contributed by atoms with van der Waals surface area (Å²) in [5.41, 5.74) is 1.61. The number of amides is 1. The first-order valence-corrected chi connectivity index (χ1v) is 11.0. The third-order valence-electron chi connectivity index (χ3n) is 5.44. The Morgan fingerprint density at radius 3 is 2.90 bits per heavy atom. The van der Waals surface area contributed by atoms with E-state index in [2.05, 4.69) is 12.2 Å². The number of nitrogens with one attached hydrogen (secondary N) is 2. The van der Waals surface area contributed by atoms with Gasteiger partial charge in [-0.3, -0.25) is 10.2 Å². The van der Waals surface area contributed by atoms with Crippen LogP contribution in [0.5, 0.6) is 5.75 Å². The van der Waals surface area contributed by atoms with Gasteiger partial charge in [-0.2, -0.15) is 0 Å². The second kappa shape index (κ2) is 8.55. The molecule has 0 saturated heterocycles. The van der Waals surface area contributed by atoms with Crippen molar-refractivity contribution in [3.8, 4) is 5.75 Å². The van der Waals surface area contributed by atoms with Crippen molar-refractivity contribution in [2.24, 2.45) is 5.92 Å². The smallest absolute Gasteiger partial charge is 0.341 e. The number of fused-ring (bicyclic) bond motifs is 2. The van der Waals surface area contributed by atoms with Gasteiger partial charge < -0.3 is 19.2 Å². The highest BCUT2D eigenvalue weighted by Gasteiger charge is 2.29. The summed E-state index contributed by atoms with van der Waals surface area (Å²) >= 11 is 1.41. The van der Waals surface area contributed by atoms with Gasteiger partial charge in [0.1, 0.15) is 10.6 Å². The number of ether oxygens (including phenoxy) is 2. The molecule has 0 radical (unpaired) electrons. The summed E-state index contributed by atoms with van der Waals surface area (Å²) in [6.45, 7) is 4.20. The molecule has 0 fully saturated rings. The summed E-state index contributed by atoms with van der Waals surface area (Å²) in [6, 6.07) is 6.90. The second-order valence-corrected chi connectivity index (χ2v) is 8.70. The molecule has 1 amide bonds. The Bertz CT molecular complexity index is 1230. The molecule has 0 unspecified atom stereocenters. The van der Waals surface area contributed by atoms with Crippen molar-refractivity contribution in [3.63, 3.8) is 0 Å². The van der Waals surface area contributed by atoms with Crippen LogP contribution in [0.2, 0.25) is 0 Å². The van der Waals surface area contributed by atoms with Crippen LogP contribution in [0, 0.1) is 11.3 Å². The molecule has 8 heteroatoms. The van der Waals surface area contributed by atoms with Crippen molar-refractivity contribution < 1.29 is 23.5 Å². The number of carbonyl (C=O) groups is 2. The summed E-state index contributed by atoms with van der Waals surface area (Å²) in [5, 5.41) is 12.2. The molecule has 0 aliphatic heterocycles. The highest BCUT2D eigenvalue weighted by atomic mass is 32.1. The van der Waals surface area contributed by atoms with Crippen molar-refractivity contribution in [2.75, 3.05) is 19.0 Å². The predicted molar refractivity (Wildman–Crippen MR) is 118 cm³/mol. The van der Waals surface area contributed by atoms with Crippen molar-refractivity contribution in [1.82, 2.24) is 0 Å². The van der Waals surface area contributed by atoms with Crippen molar-refractivity contribution >= 4 is 39.2 Å². The van der Waals surface area contributed by atoms with Gasteiger partial charge in [-0.25, -0.2) is 4.79 Å². The van der Waals surface area contributed by atoms with Gasteiger partial charge in [-0.1, -0.05) is 19.1 Å². The Morgan fingerprint density at radius 2 is 2.16 bits per heavy atom. The lowest BCUT2D eigenvalue weighted by atomic mass is 9.88. The van der Waals surface area contributed by atoms with Crippen LogP contribution in [-0.2, 0) is 17.6 Å². The number of carbonyl (C=O) groups excluding carboxylic acids is 2. The first-order chi connectivity index (χ1) is 14.9. The number of anilines is 1. The fourth-order valence-corrected chi connectivity index (χ4v) is 5.29. The van der Waals surface area contributed by atoms with Crippen molar-refractivity contribution in [2.45, 2.75) is 33.1 Å². The van der Waals surface area contributed by atoms with E-state index in [4.69, 9.17) is 19.3 Å². The molecule has 0 bridgehead atoms. The predicted octanol–water partition coefficient (Wildman–Crippen LogP) is 4.54. The minimum atomic E-state index is -0.504. The van der Waals surface area contributed by atoms with E-state index in [-0.39, 0.29) is 17.7 Å². The maximum atomic E-state index is 13.1. The lowest BCUT2D eigenvalue weighted by Crippen LogP contribution is -2.22. The highest BCUT2D eigenvalue weighted by molar-refractivity contribution is 7.17. The monoisotopic (exact) mass is 440 g/mol. The summed E-state index contributed by atoms with van der Waals surface area (Å²) < 4.78 is 16.1. The van der Waals surface area contributed by atoms with Crippen molar-refractivity contribution in [1.29, 1.82) is 5.41 Å². The number of para-hydroxylation sites is 1. The largest absolute Gasteiger partial charge is 0.493 e. The molecule has 1 aliphatic rings. The molecule has 0 saturated carbocycles. The second-order valence-electron chi connectivity index (χ2n) is 7.60. The van der Waals surface area contributed by atoms with Crippen molar-refractivity contribution in [3.05, 3.63) is 51.4 Å². The zero-order valence-corrected chi connectivity index (χ0v) is 18.5. The molecule has 2 aromatic heterocycles. The average molecular weight is 441 g/mol. The molecule has 4 rings (SSSR count). The number of thiophene rings is 1. The molecular formula is C23H24N2O5S. The van der Waals surface area contributed by atoms with E-state index in [1.54, 1.807) is 31.2 Å². The molecule has 162 valence electrons. The van der Waals surface area contributed by atoms with E-state index in [0.29, 0.717) is 33.2 Å². The summed E-state index contributed by atoms with van der Waals surface area (Å²) in [7, 11) is 1.52. The quantitative estimate of drug-likeness (QED) is 0.567. The summed E-state index contributed by atoms with van der Waals surface area (Å²) in [6.07, 6.45) is 2.65. The SMILES string of the molecule is CCOC(=O)c1c(NC(=O)c2cc3cccc(OC)c3oc2=N)sc2c1CC[C@@H](C)C2. The third-order valence-corrected chi connectivity index (χ3v) is 6.61. The Labute approximate surface area is 183 Å². The Morgan fingerprint density at radius 1 is 1.35 bits per heavy atom. The van der Waals surface area contributed by atoms with Crippen LogP contribution in [-0.4, -0.2) is 25.6 Å². The Hall–Kier alpha value is -3.13. The number of benzene rings is 1. The zero-order valence-electron chi connectivity index (χ0n) is 17.7. The summed E-state index contributed by atoms with van der Waals surface area (Å²) in [5.74, 6) is 0.0843. The Balaban J connectivity index is 1.73. The zero-order chi connectivity index (χ0) is 22.1. The molecule has 1 aliphatic carbocycles. The molecule has 2 N–H and O–H groups in total. The number of rotatable bonds is 5. The molecule has 2 heterocycles. The maximum absolute atomic E-state index is 13.1. The highest BCUT2D eigenvalue weighted by Crippen LogP contribution is 2.40. The number of methoxy groups -OCH3 is 1. The minimum Gasteiger partial charge on any atom is -0.493 e. The lowest BCUT2D eigenvalue weighted by molar-refractivity contribution is 0.0526. The van der Waals surface area contributed by atoms with Crippen LogP contribution in [0.15, 0.2) is 28.7 Å². The molecule has 31 heavy (non-hydrogen) atoms. The molecule has 1 aromatic carbocycles. The van der Waals surface area contributed by atoms with Gasteiger partial charge in [0, 0.05) is 10.3 Å². The van der Waals surface area contributed by atoms with Gasteiger partial charge in [0.15, 0.2) is 11.3 Å². The van der Waals surface area contributed by atoms with Gasteiger partial charge in [0.05, 0.1) is 19.3 Å².